The molecule has 2 atom stereocenters. The molecule has 0 spiro atoms. The van der Waals surface area contributed by atoms with Gasteiger partial charge in [-0.1, -0.05) is 35.0 Å². The molecule has 0 aromatic heterocycles. The van der Waals surface area contributed by atoms with Crippen molar-refractivity contribution in [2.45, 2.75) is 33.1 Å². The van der Waals surface area contributed by atoms with Crippen LogP contribution in [0, 0.1) is 0 Å². The Morgan fingerprint density at radius 3 is 2.12 bits per heavy atom. The molecule has 1 rings (SSSR count). The van der Waals surface area contributed by atoms with Gasteiger partial charge in [0.15, 0.2) is 0 Å². The molecule has 0 aliphatic heterocycles. The van der Waals surface area contributed by atoms with Gasteiger partial charge in [0.2, 0.25) is 5.91 Å². The van der Waals surface area contributed by atoms with E-state index in [0.29, 0.717) is 25.5 Å². The summed E-state index contributed by atoms with van der Waals surface area (Å²) in [5.74, 6) is -0.131. The number of rotatable bonds is 12. The summed E-state index contributed by atoms with van der Waals surface area (Å²) in [6.07, 6.45) is 0.736. The van der Waals surface area contributed by atoms with Crippen LogP contribution in [0.1, 0.15) is 38.7 Å². The highest BCUT2D eigenvalue weighted by Gasteiger charge is 2.42. The second-order valence-electron chi connectivity index (χ2n) is 5.20. The van der Waals surface area contributed by atoms with Crippen LogP contribution in [0.3, 0.4) is 0 Å². The molecular weight excluding hydrogens is 440 g/mol. The highest BCUT2D eigenvalue weighted by atomic mass is 79.9. The average molecular weight is 468 g/mol. The molecule has 0 heterocycles. The molecule has 6 nitrogen and oxygen atoms in total. The van der Waals surface area contributed by atoms with Crippen molar-refractivity contribution < 1.29 is 22.9 Å². The molecule has 1 aromatic rings. The largest absolute Gasteiger partial charge is 0.358 e. The van der Waals surface area contributed by atoms with Crippen LogP contribution in [-0.2, 0) is 22.9 Å². The molecule has 148 valence electrons. The van der Waals surface area contributed by atoms with Crippen molar-refractivity contribution in [3.05, 3.63) is 29.8 Å². The fraction of sp³-hybridized carbons (Fsp3) is 0.588. The maximum Gasteiger partial charge on any atom is 0.344 e. The van der Waals surface area contributed by atoms with Gasteiger partial charge in [-0.2, -0.15) is 0 Å². The molecular formula is C17H28BrNO5P2. The molecule has 1 amide bonds. The monoisotopic (exact) mass is 467 g/mol. The van der Waals surface area contributed by atoms with E-state index in [9.17, 15) is 9.36 Å². The van der Waals surface area contributed by atoms with Crippen LogP contribution in [0.4, 0.5) is 5.69 Å². The quantitative estimate of drug-likeness (QED) is 0.313. The number of halogens is 1. The van der Waals surface area contributed by atoms with Crippen molar-refractivity contribution in [3.8, 4) is 0 Å². The molecule has 0 aliphatic carbocycles. The summed E-state index contributed by atoms with van der Waals surface area (Å²) in [5, 5.41) is 2.53. The molecule has 9 heteroatoms. The molecule has 0 saturated heterocycles. The molecule has 0 saturated carbocycles. The van der Waals surface area contributed by atoms with Crippen molar-refractivity contribution in [3.63, 3.8) is 0 Å². The number of amides is 1. The van der Waals surface area contributed by atoms with Gasteiger partial charge in [-0.05, 0) is 44.6 Å². The van der Waals surface area contributed by atoms with E-state index in [2.05, 4.69) is 21.2 Å². The van der Waals surface area contributed by atoms with Crippen LogP contribution < -0.4 is 5.32 Å². The van der Waals surface area contributed by atoms with E-state index >= 15 is 0 Å². The fourth-order valence-corrected chi connectivity index (χ4v) is 8.09. The lowest BCUT2D eigenvalue weighted by Gasteiger charge is -2.32. The number of carbonyl (C=O) groups excluding carboxylic acids is 1. The van der Waals surface area contributed by atoms with Gasteiger partial charge >= 0.3 is 7.60 Å². The zero-order chi connectivity index (χ0) is 19.6. The fourth-order valence-electron chi connectivity index (χ4n) is 2.48. The highest BCUT2D eigenvalue weighted by Crippen LogP contribution is 2.74. The molecule has 0 bridgehead atoms. The Kier molecular flexibility index (Phi) is 11.2. The number of carbonyl (C=O) groups is 1. The zero-order valence-corrected chi connectivity index (χ0v) is 19.1. The van der Waals surface area contributed by atoms with E-state index in [1.54, 1.807) is 26.0 Å². The Morgan fingerprint density at radius 1 is 1.12 bits per heavy atom. The Balaban J connectivity index is 3.26. The van der Waals surface area contributed by atoms with Gasteiger partial charge in [-0.15, -0.1) is 0 Å². The van der Waals surface area contributed by atoms with Gasteiger partial charge in [0.25, 0.3) is 0 Å². The normalized spacial score (nSPS) is 14.0. The van der Waals surface area contributed by atoms with Crippen LogP contribution in [0.5, 0.6) is 0 Å². The lowest BCUT2D eigenvalue weighted by atomic mass is 10.2. The summed E-state index contributed by atoms with van der Waals surface area (Å²) in [6.45, 7) is 8.67. The summed E-state index contributed by atoms with van der Waals surface area (Å²) in [5.41, 5.74) is 1.50. The first-order valence-corrected chi connectivity index (χ1v) is 12.9. The van der Waals surface area contributed by atoms with Gasteiger partial charge in [0, 0.05) is 20.4 Å². The number of benzene rings is 1. The van der Waals surface area contributed by atoms with Crippen molar-refractivity contribution in [2.24, 2.45) is 0 Å². The van der Waals surface area contributed by atoms with Gasteiger partial charge < -0.3 is 18.9 Å². The Bertz CT molecular complexity index is 589. The maximum atomic E-state index is 13.5. The van der Waals surface area contributed by atoms with Crippen LogP contribution >= 0.6 is 31.7 Å². The van der Waals surface area contributed by atoms with E-state index in [1.807, 2.05) is 26.0 Å². The van der Waals surface area contributed by atoms with E-state index in [1.165, 1.54) is 0 Å². The highest BCUT2D eigenvalue weighted by molar-refractivity contribution is 9.09. The summed E-state index contributed by atoms with van der Waals surface area (Å²) in [4.78, 5) is 11.5. The smallest absolute Gasteiger partial charge is 0.344 e. The summed E-state index contributed by atoms with van der Waals surface area (Å²) in [6, 6.07) is 7.28. The second-order valence-corrected chi connectivity index (χ2v) is 10.5. The number of nitrogens with one attached hydrogen (secondary N) is 1. The topological polar surface area (TPSA) is 73.9 Å². The minimum Gasteiger partial charge on any atom is -0.358 e. The first kappa shape index (κ1) is 23.7. The molecule has 0 radical (unpaired) electrons. The van der Waals surface area contributed by atoms with Gasteiger partial charge in [-0.25, -0.2) is 0 Å². The molecule has 2 unspecified atom stereocenters. The molecule has 1 aromatic carbocycles. The summed E-state index contributed by atoms with van der Waals surface area (Å²) < 4.78 is 30.7. The first-order valence-electron chi connectivity index (χ1n) is 8.69. The SMILES string of the molecule is CCOP(CC)C(c1ccc(NC(=O)CBr)cc1)P(=O)(OCC)OCC. The van der Waals surface area contributed by atoms with Crippen LogP contribution in [0.15, 0.2) is 24.3 Å². The first-order chi connectivity index (χ1) is 12.4. The number of hydrogen-bond donors (Lipinski definition) is 1. The van der Waals surface area contributed by atoms with Gasteiger partial charge in [-0.3, -0.25) is 9.36 Å². The van der Waals surface area contributed by atoms with Crippen LogP contribution in [-0.4, -0.2) is 37.2 Å². The lowest BCUT2D eigenvalue weighted by Crippen LogP contribution is -2.12. The third-order valence-electron chi connectivity index (χ3n) is 3.41. The lowest BCUT2D eigenvalue weighted by molar-refractivity contribution is -0.113. The van der Waals surface area contributed by atoms with Gasteiger partial charge in [0.1, 0.15) is 5.40 Å². The minimum atomic E-state index is -3.39. The van der Waals surface area contributed by atoms with Crippen LogP contribution in [0.2, 0.25) is 0 Å². The standard InChI is InChI=1S/C17H28BrNO5P2/c1-5-22-25(8-4)17(26(21,23-6-2)24-7-3)14-9-11-15(12-10-14)19-16(20)13-18/h9-12,17H,5-8,13H2,1-4H3,(H,19,20). The van der Waals surface area contributed by atoms with Gasteiger partial charge in [0.05, 0.1) is 18.5 Å². The Labute approximate surface area is 165 Å². The third-order valence-corrected chi connectivity index (χ3v) is 9.73. The van der Waals surface area contributed by atoms with Crippen LogP contribution in [0.25, 0.3) is 0 Å². The van der Waals surface area contributed by atoms with Crippen molar-refractivity contribution in [1.82, 2.24) is 0 Å². The van der Waals surface area contributed by atoms with Crippen molar-refractivity contribution in [1.29, 1.82) is 0 Å². The predicted octanol–water partition coefficient (Wildman–Crippen LogP) is 5.74. The maximum absolute atomic E-state index is 13.5. The number of anilines is 1. The molecule has 1 N–H and O–H groups in total. The summed E-state index contributed by atoms with van der Waals surface area (Å²) >= 11 is 3.12. The summed E-state index contributed by atoms with van der Waals surface area (Å²) in [7, 11) is -4.44. The molecule has 26 heavy (non-hydrogen) atoms. The minimum absolute atomic E-state index is 0.131. The zero-order valence-electron chi connectivity index (χ0n) is 15.7. The number of hydrogen-bond acceptors (Lipinski definition) is 5. The predicted molar refractivity (Wildman–Crippen MR) is 112 cm³/mol. The Hall–Kier alpha value is -0.290. The van der Waals surface area contributed by atoms with Crippen molar-refractivity contribution in [2.75, 3.05) is 36.6 Å². The van der Waals surface area contributed by atoms with E-state index < -0.39 is 21.1 Å². The van der Waals surface area contributed by atoms with E-state index in [4.69, 9.17) is 13.6 Å². The van der Waals surface area contributed by atoms with E-state index in [-0.39, 0.29) is 11.2 Å². The average Bonchev–Trinajstić information content (AvgIpc) is 2.62. The molecule has 0 fully saturated rings. The number of alkyl halides is 1. The van der Waals surface area contributed by atoms with E-state index in [0.717, 1.165) is 11.7 Å². The Morgan fingerprint density at radius 2 is 1.69 bits per heavy atom. The third kappa shape index (κ3) is 6.70. The second kappa shape index (κ2) is 12.2. The molecule has 0 aliphatic rings. The van der Waals surface area contributed by atoms with Crippen molar-refractivity contribution >= 4 is 43.3 Å².